The van der Waals surface area contributed by atoms with Crippen LogP contribution in [0, 0.1) is 11.7 Å². The van der Waals surface area contributed by atoms with E-state index in [1.807, 2.05) is 0 Å². The molecule has 1 heterocycles. The van der Waals surface area contributed by atoms with Gasteiger partial charge in [0.25, 0.3) is 0 Å². The third-order valence-corrected chi connectivity index (χ3v) is 5.54. The van der Waals surface area contributed by atoms with Gasteiger partial charge in [0, 0.05) is 13.1 Å². The van der Waals surface area contributed by atoms with Gasteiger partial charge in [-0.15, -0.1) is 0 Å². The van der Waals surface area contributed by atoms with Gasteiger partial charge in [-0.2, -0.15) is 4.31 Å². The van der Waals surface area contributed by atoms with Gasteiger partial charge in [-0.25, -0.2) is 12.8 Å². The predicted molar refractivity (Wildman–Crippen MR) is 72.6 cm³/mol. The summed E-state index contributed by atoms with van der Waals surface area (Å²) in [5.74, 6) is 0.00621. The van der Waals surface area contributed by atoms with Crippen LogP contribution < -0.4 is 5.73 Å². The molecule has 0 aromatic heterocycles. The molecule has 1 aromatic rings. The highest BCUT2D eigenvalue weighted by Crippen LogP contribution is 2.26. The lowest BCUT2D eigenvalue weighted by molar-refractivity contribution is 0.417. The van der Waals surface area contributed by atoms with Gasteiger partial charge in [0.15, 0.2) is 0 Å². The molecule has 0 aliphatic carbocycles. The Morgan fingerprint density at radius 1 is 1.32 bits per heavy atom. The van der Waals surface area contributed by atoms with Gasteiger partial charge in [-0.3, -0.25) is 0 Å². The second-order valence-corrected chi connectivity index (χ2v) is 7.03. The average Bonchev–Trinajstić information content (AvgIpc) is 2.53. The van der Waals surface area contributed by atoms with Gasteiger partial charge in [0.05, 0.1) is 5.69 Å². The van der Waals surface area contributed by atoms with Gasteiger partial charge in [-0.05, 0) is 43.4 Å². The molecule has 0 spiro atoms. The molecule has 0 radical (unpaired) electrons. The molecule has 6 heteroatoms. The normalized spacial score (nSPS) is 22.1. The summed E-state index contributed by atoms with van der Waals surface area (Å²) < 4.78 is 39.5. The van der Waals surface area contributed by atoms with Gasteiger partial charge in [0.2, 0.25) is 10.0 Å². The fraction of sp³-hybridized carbons (Fsp3) is 0.538. The van der Waals surface area contributed by atoms with Crippen LogP contribution in [0.3, 0.4) is 0 Å². The Balaban J connectivity index is 2.31. The zero-order valence-corrected chi connectivity index (χ0v) is 11.8. The molecule has 1 fully saturated rings. The molecule has 1 aliphatic rings. The quantitative estimate of drug-likeness (QED) is 0.848. The van der Waals surface area contributed by atoms with Crippen LogP contribution >= 0.6 is 0 Å². The number of rotatable bonds is 2. The minimum Gasteiger partial charge on any atom is -0.398 e. The number of sulfonamides is 1. The van der Waals surface area contributed by atoms with Crippen LogP contribution in [0.2, 0.25) is 0 Å². The smallest absolute Gasteiger partial charge is 0.245 e. The van der Waals surface area contributed by atoms with Gasteiger partial charge >= 0.3 is 0 Å². The van der Waals surface area contributed by atoms with E-state index in [-0.39, 0.29) is 10.6 Å². The highest BCUT2D eigenvalue weighted by molar-refractivity contribution is 7.89. The van der Waals surface area contributed by atoms with E-state index in [2.05, 4.69) is 6.92 Å². The maximum absolute atomic E-state index is 13.0. The fourth-order valence-corrected chi connectivity index (χ4v) is 3.96. The molecule has 106 valence electrons. The lowest BCUT2D eigenvalue weighted by Crippen LogP contribution is -2.32. The summed E-state index contributed by atoms with van der Waals surface area (Å²) >= 11 is 0. The zero-order chi connectivity index (χ0) is 14.0. The maximum Gasteiger partial charge on any atom is 0.245 e. The second kappa shape index (κ2) is 5.46. The minimum atomic E-state index is -3.61. The van der Waals surface area contributed by atoms with E-state index in [1.54, 1.807) is 0 Å². The Labute approximate surface area is 113 Å². The van der Waals surface area contributed by atoms with Crippen molar-refractivity contribution in [1.82, 2.24) is 4.31 Å². The zero-order valence-electron chi connectivity index (χ0n) is 11.0. The largest absolute Gasteiger partial charge is 0.398 e. The van der Waals surface area contributed by atoms with Gasteiger partial charge in [0.1, 0.15) is 10.7 Å². The minimum absolute atomic E-state index is 0.00320. The Morgan fingerprint density at radius 3 is 2.74 bits per heavy atom. The van der Waals surface area contributed by atoms with Crippen LogP contribution in [0.15, 0.2) is 23.1 Å². The number of halogens is 1. The molecule has 0 saturated carbocycles. The molecule has 2 rings (SSSR count). The van der Waals surface area contributed by atoms with Crippen LogP contribution in [0.4, 0.5) is 10.1 Å². The Hall–Kier alpha value is -1.14. The lowest BCUT2D eigenvalue weighted by atomic mass is 10.0. The van der Waals surface area contributed by atoms with Crippen LogP contribution in [0.25, 0.3) is 0 Å². The SMILES string of the molecule is CC1CCCN(S(=O)(=O)c2ccc(F)cc2N)CC1. The maximum atomic E-state index is 13.0. The van der Waals surface area contributed by atoms with Crippen molar-refractivity contribution in [2.24, 2.45) is 5.92 Å². The highest BCUT2D eigenvalue weighted by Gasteiger charge is 2.28. The molecule has 1 atom stereocenters. The van der Waals surface area contributed by atoms with Crippen LogP contribution in [0.5, 0.6) is 0 Å². The fourth-order valence-electron chi connectivity index (χ4n) is 2.37. The van der Waals surface area contributed by atoms with E-state index in [9.17, 15) is 12.8 Å². The molecule has 1 saturated heterocycles. The molecule has 4 nitrogen and oxygen atoms in total. The van der Waals surface area contributed by atoms with E-state index < -0.39 is 15.8 Å². The summed E-state index contributed by atoms with van der Waals surface area (Å²) in [6, 6.07) is 3.42. The Bertz CT molecular complexity index is 560. The summed E-state index contributed by atoms with van der Waals surface area (Å²) in [5.41, 5.74) is 5.60. The van der Waals surface area contributed by atoms with Crippen molar-refractivity contribution in [2.75, 3.05) is 18.8 Å². The number of hydrogen-bond donors (Lipinski definition) is 1. The monoisotopic (exact) mass is 286 g/mol. The van der Waals surface area contributed by atoms with Crippen molar-refractivity contribution in [3.05, 3.63) is 24.0 Å². The van der Waals surface area contributed by atoms with E-state index in [4.69, 9.17) is 5.73 Å². The van der Waals surface area contributed by atoms with Crippen LogP contribution in [0.1, 0.15) is 26.2 Å². The van der Waals surface area contributed by atoms with Crippen molar-refractivity contribution >= 4 is 15.7 Å². The first-order chi connectivity index (χ1) is 8.91. The first-order valence-electron chi connectivity index (χ1n) is 6.46. The Morgan fingerprint density at radius 2 is 2.05 bits per heavy atom. The number of anilines is 1. The molecular formula is C13H19FN2O2S. The molecule has 19 heavy (non-hydrogen) atoms. The number of hydrogen-bond acceptors (Lipinski definition) is 3. The standard InChI is InChI=1S/C13H19FN2O2S/c1-10-3-2-7-16(8-6-10)19(17,18)13-5-4-11(14)9-12(13)15/h4-5,9-10H,2-3,6-8,15H2,1H3. The second-order valence-electron chi connectivity index (χ2n) is 5.12. The van der Waals surface area contributed by atoms with E-state index >= 15 is 0 Å². The molecule has 1 aliphatic heterocycles. The molecular weight excluding hydrogens is 267 g/mol. The molecule has 0 amide bonds. The first kappa shape index (κ1) is 14.3. The highest BCUT2D eigenvalue weighted by atomic mass is 32.2. The van der Waals surface area contributed by atoms with E-state index in [0.717, 1.165) is 31.4 Å². The summed E-state index contributed by atoms with van der Waals surface area (Å²) in [7, 11) is -3.61. The summed E-state index contributed by atoms with van der Waals surface area (Å²) in [5, 5.41) is 0. The van der Waals surface area contributed by atoms with E-state index in [1.165, 1.54) is 10.4 Å². The molecule has 2 N–H and O–H groups in total. The summed E-state index contributed by atoms with van der Waals surface area (Å²) in [6.07, 6.45) is 2.73. The first-order valence-corrected chi connectivity index (χ1v) is 7.90. The number of nitrogens with zero attached hydrogens (tertiary/aromatic N) is 1. The Kier molecular flexibility index (Phi) is 4.10. The van der Waals surface area contributed by atoms with Crippen LogP contribution in [-0.2, 0) is 10.0 Å². The van der Waals surface area contributed by atoms with Crippen molar-refractivity contribution in [2.45, 2.75) is 31.1 Å². The number of benzene rings is 1. The van der Waals surface area contributed by atoms with Crippen molar-refractivity contribution < 1.29 is 12.8 Å². The van der Waals surface area contributed by atoms with Crippen molar-refractivity contribution in [3.63, 3.8) is 0 Å². The lowest BCUT2D eigenvalue weighted by Gasteiger charge is -2.21. The van der Waals surface area contributed by atoms with Crippen molar-refractivity contribution in [3.8, 4) is 0 Å². The molecule has 1 aromatic carbocycles. The number of nitrogen functional groups attached to an aromatic ring is 1. The van der Waals surface area contributed by atoms with Crippen molar-refractivity contribution in [1.29, 1.82) is 0 Å². The number of nitrogens with two attached hydrogens (primary N) is 1. The van der Waals surface area contributed by atoms with Gasteiger partial charge in [-0.1, -0.05) is 6.92 Å². The molecule has 0 bridgehead atoms. The van der Waals surface area contributed by atoms with E-state index in [0.29, 0.717) is 19.0 Å². The summed E-state index contributed by atoms with van der Waals surface area (Å²) in [6.45, 7) is 3.13. The average molecular weight is 286 g/mol. The topological polar surface area (TPSA) is 63.4 Å². The summed E-state index contributed by atoms with van der Waals surface area (Å²) in [4.78, 5) is 0.00320. The predicted octanol–water partition coefficient (Wildman–Crippen LogP) is 2.22. The van der Waals surface area contributed by atoms with Crippen LogP contribution in [-0.4, -0.2) is 25.8 Å². The van der Waals surface area contributed by atoms with Gasteiger partial charge < -0.3 is 5.73 Å². The molecule has 1 unspecified atom stereocenters. The third-order valence-electron chi connectivity index (χ3n) is 3.57. The third kappa shape index (κ3) is 3.06.